The second kappa shape index (κ2) is 11.4. The predicted octanol–water partition coefficient (Wildman–Crippen LogP) is 4.18. The van der Waals surface area contributed by atoms with E-state index in [4.69, 9.17) is 9.47 Å². The van der Waals surface area contributed by atoms with Crippen molar-refractivity contribution in [2.45, 2.75) is 50.7 Å². The Morgan fingerprint density at radius 3 is 2.50 bits per heavy atom. The third-order valence-electron chi connectivity index (χ3n) is 7.97. The number of aliphatic hydroxyl groups is 1. The quantitative estimate of drug-likeness (QED) is 0.627. The lowest BCUT2D eigenvalue weighted by Crippen LogP contribution is -2.58. The average Bonchev–Trinajstić information content (AvgIpc) is 3.61. The molecule has 2 atom stereocenters. The zero-order valence-corrected chi connectivity index (χ0v) is 21.3. The number of anilines is 1. The fraction of sp³-hybridized carbons (Fsp3) is 0.552. The zero-order chi connectivity index (χ0) is 24.9. The highest BCUT2D eigenvalue weighted by molar-refractivity contribution is 5.76. The molecule has 0 aromatic heterocycles. The number of hydrogen-bond acceptors (Lipinski definition) is 5. The van der Waals surface area contributed by atoms with Crippen molar-refractivity contribution >= 4 is 11.7 Å². The molecule has 3 fully saturated rings. The number of rotatable bonds is 7. The number of piperazine rings is 1. The summed E-state index contributed by atoms with van der Waals surface area (Å²) < 4.78 is 12.0. The summed E-state index contributed by atoms with van der Waals surface area (Å²) in [6, 6.07) is 16.8. The van der Waals surface area contributed by atoms with Crippen molar-refractivity contribution in [3.8, 4) is 11.5 Å². The normalized spacial score (nSPS) is 22.8. The van der Waals surface area contributed by atoms with Crippen LogP contribution in [-0.4, -0.2) is 79.5 Å². The SMILES string of the molecule is COc1ccc(N2CCN(C(=O)N3CCC(CO)C3)[C@@H](Cc3ccccc3)C2)cc1OC1CCCC1. The van der Waals surface area contributed by atoms with Crippen molar-refractivity contribution in [2.24, 2.45) is 5.92 Å². The lowest BCUT2D eigenvalue weighted by Gasteiger charge is -2.44. The molecular formula is C29H39N3O4. The van der Waals surface area contributed by atoms with Crippen LogP contribution >= 0.6 is 0 Å². The van der Waals surface area contributed by atoms with Crippen molar-refractivity contribution in [3.63, 3.8) is 0 Å². The van der Waals surface area contributed by atoms with Crippen LogP contribution in [-0.2, 0) is 6.42 Å². The summed E-state index contributed by atoms with van der Waals surface area (Å²) in [5.74, 6) is 1.78. The first-order valence-electron chi connectivity index (χ1n) is 13.4. The number of carbonyl (C=O) groups is 1. The second-order valence-electron chi connectivity index (χ2n) is 10.4. The Balaban J connectivity index is 1.35. The minimum Gasteiger partial charge on any atom is -0.493 e. The summed E-state index contributed by atoms with van der Waals surface area (Å²) in [6.07, 6.45) is 6.59. The van der Waals surface area contributed by atoms with Gasteiger partial charge in [0.2, 0.25) is 0 Å². The van der Waals surface area contributed by atoms with Crippen molar-refractivity contribution in [2.75, 3.05) is 51.3 Å². The van der Waals surface area contributed by atoms with Crippen molar-refractivity contribution in [3.05, 3.63) is 54.1 Å². The third kappa shape index (κ3) is 5.56. The van der Waals surface area contributed by atoms with Gasteiger partial charge in [-0.3, -0.25) is 0 Å². The molecule has 2 saturated heterocycles. The number of aliphatic hydroxyl groups excluding tert-OH is 1. The van der Waals surface area contributed by atoms with Crippen LogP contribution in [0.25, 0.3) is 0 Å². The number of methoxy groups -OCH3 is 1. The van der Waals surface area contributed by atoms with Gasteiger partial charge in [0.25, 0.3) is 0 Å². The van der Waals surface area contributed by atoms with Crippen LogP contribution in [0.3, 0.4) is 0 Å². The number of urea groups is 1. The Bertz CT molecular complexity index is 1010. The van der Waals surface area contributed by atoms with E-state index in [-0.39, 0.29) is 30.7 Å². The molecule has 7 nitrogen and oxygen atoms in total. The maximum Gasteiger partial charge on any atom is 0.320 e. The van der Waals surface area contributed by atoms with E-state index in [2.05, 4.69) is 46.2 Å². The number of likely N-dealkylation sites (tertiary alicyclic amines) is 1. The van der Waals surface area contributed by atoms with Gasteiger partial charge in [-0.25, -0.2) is 4.79 Å². The number of ether oxygens (including phenoxy) is 2. The van der Waals surface area contributed by atoms with Crippen LogP contribution in [0.15, 0.2) is 48.5 Å². The molecule has 0 spiro atoms. The maximum atomic E-state index is 13.6. The first-order chi connectivity index (χ1) is 17.6. The molecule has 2 aromatic rings. The summed E-state index contributed by atoms with van der Waals surface area (Å²) in [5.41, 5.74) is 2.34. The fourth-order valence-corrected chi connectivity index (χ4v) is 5.88. The lowest BCUT2D eigenvalue weighted by atomic mass is 10.0. The van der Waals surface area contributed by atoms with Crippen molar-refractivity contribution in [1.82, 2.24) is 9.80 Å². The van der Waals surface area contributed by atoms with Gasteiger partial charge in [-0.05, 0) is 56.2 Å². The number of amides is 2. The fourth-order valence-electron chi connectivity index (χ4n) is 5.88. The summed E-state index contributed by atoms with van der Waals surface area (Å²) in [4.78, 5) is 19.9. The van der Waals surface area contributed by atoms with Gasteiger partial charge in [0.1, 0.15) is 0 Å². The van der Waals surface area contributed by atoms with Crippen LogP contribution in [0.1, 0.15) is 37.7 Å². The smallest absolute Gasteiger partial charge is 0.320 e. The highest BCUT2D eigenvalue weighted by Gasteiger charge is 2.36. The second-order valence-corrected chi connectivity index (χ2v) is 10.4. The van der Waals surface area contributed by atoms with E-state index in [1.165, 1.54) is 18.4 Å². The first-order valence-corrected chi connectivity index (χ1v) is 13.4. The monoisotopic (exact) mass is 493 g/mol. The molecule has 36 heavy (non-hydrogen) atoms. The average molecular weight is 494 g/mol. The first kappa shape index (κ1) is 24.8. The molecule has 1 unspecified atom stereocenters. The van der Waals surface area contributed by atoms with E-state index in [1.807, 2.05) is 17.0 Å². The van der Waals surface area contributed by atoms with Gasteiger partial charge in [-0.1, -0.05) is 30.3 Å². The summed E-state index contributed by atoms with van der Waals surface area (Å²) in [6.45, 7) is 3.71. The topological polar surface area (TPSA) is 65.5 Å². The van der Waals surface area contributed by atoms with Crippen molar-refractivity contribution in [1.29, 1.82) is 0 Å². The molecule has 7 heteroatoms. The number of hydrogen-bond donors (Lipinski definition) is 1. The molecule has 3 aliphatic rings. The highest BCUT2D eigenvalue weighted by Crippen LogP contribution is 2.36. The van der Waals surface area contributed by atoms with Gasteiger partial charge in [-0.2, -0.15) is 0 Å². The van der Waals surface area contributed by atoms with Gasteiger partial charge < -0.3 is 29.3 Å². The third-order valence-corrected chi connectivity index (χ3v) is 7.97. The van der Waals surface area contributed by atoms with Gasteiger partial charge in [0, 0.05) is 57.0 Å². The Labute approximate surface area is 214 Å². The molecule has 0 bridgehead atoms. The molecule has 1 aliphatic carbocycles. The Morgan fingerprint density at radius 1 is 0.972 bits per heavy atom. The zero-order valence-electron chi connectivity index (χ0n) is 21.3. The minimum absolute atomic E-state index is 0.0585. The Kier molecular flexibility index (Phi) is 7.85. The minimum atomic E-state index is 0.0585. The van der Waals surface area contributed by atoms with Gasteiger partial charge >= 0.3 is 6.03 Å². The Hall–Kier alpha value is -2.93. The standard InChI is InChI=1S/C29H39N3O4/c1-35-27-12-11-24(18-28(27)36-26-9-5-6-10-26)30-15-16-32(29(34)31-14-13-23(19-31)21-33)25(20-30)17-22-7-3-2-4-8-22/h2-4,7-8,11-12,18,23,25-26,33H,5-6,9-10,13-17,19-21H2,1H3/t23?,25-/m0/s1. The number of nitrogens with zero attached hydrogens (tertiary/aromatic N) is 3. The van der Waals surface area contributed by atoms with Crippen LogP contribution in [0.4, 0.5) is 10.5 Å². The summed E-state index contributed by atoms with van der Waals surface area (Å²) in [5, 5.41) is 9.56. The molecule has 2 heterocycles. The maximum absolute atomic E-state index is 13.6. The van der Waals surface area contributed by atoms with Crippen LogP contribution in [0.2, 0.25) is 0 Å². The van der Waals surface area contributed by atoms with E-state index >= 15 is 0 Å². The number of carbonyl (C=O) groups excluding carboxylic acids is 1. The summed E-state index contributed by atoms with van der Waals surface area (Å²) in [7, 11) is 1.69. The molecule has 0 radical (unpaired) electrons. The summed E-state index contributed by atoms with van der Waals surface area (Å²) >= 11 is 0. The lowest BCUT2D eigenvalue weighted by molar-refractivity contribution is 0.131. The van der Waals surface area contributed by atoms with Gasteiger partial charge in [0.05, 0.1) is 19.3 Å². The Morgan fingerprint density at radius 2 is 1.78 bits per heavy atom. The molecule has 5 rings (SSSR count). The van der Waals surface area contributed by atoms with E-state index in [0.29, 0.717) is 13.1 Å². The van der Waals surface area contributed by atoms with Crippen LogP contribution in [0.5, 0.6) is 11.5 Å². The largest absolute Gasteiger partial charge is 0.493 e. The molecular weight excluding hydrogens is 454 g/mol. The molecule has 1 N–H and O–H groups in total. The van der Waals surface area contributed by atoms with E-state index in [1.54, 1.807) is 7.11 Å². The van der Waals surface area contributed by atoms with Crippen LogP contribution < -0.4 is 14.4 Å². The van der Waals surface area contributed by atoms with Crippen LogP contribution in [0, 0.1) is 5.92 Å². The molecule has 194 valence electrons. The van der Waals surface area contributed by atoms with E-state index < -0.39 is 0 Å². The van der Waals surface area contributed by atoms with E-state index in [9.17, 15) is 9.90 Å². The highest BCUT2D eigenvalue weighted by atomic mass is 16.5. The predicted molar refractivity (Wildman–Crippen MR) is 141 cm³/mol. The van der Waals surface area contributed by atoms with Crippen molar-refractivity contribution < 1.29 is 19.4 Å². The molecule has 2 amide bonds. The molecule has 1 saturated carbocycles. The van der Waals surface area contributed by atoms with E-state index in [0.717, 1.165) is 62.5 Å². The molecule has 2 aromatic carbocycles. The van der Waals surface area contributed by atoms with Gasteiger partial charge in [-0.15, -0.1) is 0 Å². The van der Waals surface area contributed by atoms with Gasteiger partial charge in [0.15, 0.2) is 11.5 Å². The number of benzene rings is 2. The molecule has 2 aliphatic heterocycles.